The van der Waals surface area contributed by atoms with Gasteiger partial charge >= 0.3 is 0 Å². The molecule has 0 aromatic heterocycles. The lowest BCUT2D eigenvalue weighted by Gasteiger charge is -2.25. The van der Waals surface area contributed by atoms with Crippen molar-refractivity contribution < 1.29 is 4.74 Å². The maximum atomic E-state index is 9.25. The van der Waals surface area contributed by atoms with Crippen molar-refractivity contribution in [2.45, 2.75) is 52.6 Å². The van der Waals surface area contributed by atoms with Crippen molar-refractivity contribution in [3.63, 3.8) is 0 Å². The van der Waals surface area contributed by atoms with Crippen LogP contribution in [0.25, 0.3) is 0 Å². The van der Waals surface area contributed by atoms with Gasteiger partial charge in [-0.2, -0.15) is 5.26 Å². The largest absolute Gasteiger partial charge is 0.493 e. The van der Waals surface area contributed by atoms with Gasteiger partial charge in [0.1, 0.15) is 11.3 Å². The Morgan fingerprint density at radius 1 is 1.26 bits per heavy atom. The second-order valence-corrected chi connectivity index (χ2v) is 5.66. The Morgan fingerprint density at radius 3 is 2.32 bits per heavy atom. The monoisotopic (exact) mass is 260 g/mol. The van der Waals surface area contributed by atoms with Gasteiger partial charge in [0, 0.05) is 12.5 Å². The maximum absolute atomic E-state index is 9.25. The first-order chi connectivity index (χ1) is 8.84. The molecule has 0 aliphatic rings. The molecule has 3 heteroatoms. The molecule has 0 saturated heterocycles. The summed E-state index contributed by atoms with van der Waals surface area (Å²) in [4.78, 5) is 0. The number of nitriles is 1. The van der Waals surface area contributed by atoms with Crippen LogP contribution in [0.5, 0.6) is 5.75 Å². The lowest BCUT2D eigenvalue weighted by atomic mass is 9.99. The Hall–Kier alpha value is -1.53. The van der Waals surface area contributed by atoms with Crippen molar-refractivity contribution in [1.29, 1.82) is 5.26 Å². The molecule has 0 radical (unpaired) electrons. The van der Waals surface area contributed by atoms with Gasteiger partial charge in [-0.05, 0) is 57.9 Å². The summed E-state index contributed by atoms with van der Waals surface area (Å²) in [5.41, 5.74) is 1.85. The molecule has 1 aromatic rings. The van der Waals surface area contributed by atoms with Gasteiger partial charge in [0.2, 0.25) is 0 Å². The van der Waals surface area contributed by atoms with E-state index >= 15 is 0 Å². The summed E-state index contributed by atoms with van der Waals surface area (Å²) in [6.45, 7) is 10.6. The van der Waals surface area contributed by atoms with Crippen LogP contribution in [0.15, 0.2) is 18.2 Å². The molecule has 0 amide bonds. The van der Waals surface area contributed by atoms with Gasteiger partial charge in [-0.15, -0.1) is 0 Å². The van der Waals surface area contributed by atoms with Gasteiger partial charge in [0.25, 0.3) is 0 Å². The summed E-state index contributed by atoms with van der Waals surface area (Å²) >= 11 is 0. The van der Waals surface area contributed by atoms with Crippen LogP contribution in [0.2, 0.25) is 0 Å². The lowest BCUT2D eigenvalue weighted by molar-refractivity contribution is 0.260. The van der Waals surface area contributed by atoms with E-state index in [-0.39, 0.29) is 6.04 Å². The van der Waals surface area contributed by atoms with Gasteiger partial charge in [-0.25, -0.2) is 0 Å². The third kappa shape index (κ3) is 5.32. The molecule has 0 spiro atoms. The van der Waals surface area contributed by atoms with E-state index in [1.54, 1.807) is 0 Å². The van der Waals surface area contributed by atoms with Crippen LogP contribution in [-0.2, 0) is 0 Å². The highest BCUT2D eigenvalue weighted by Gasteiger charge is 2.24. The number of rotatable bonds is 6. The van der Waals surface area contributed by atoms with E-state index in [9.17, 15) is 5.26 Å². The Balaban J connectivity index is 2.55. The second kappa shape index (κ2) is 6.58. The molecular weight excluding hydrogens is 236 g/mol. The van der Waals surface area contributed by atoms with Crippen molar-refractivity contribution in [1.82, 2.24) is 5.32 Å². The highest BCUT2D eigenvalue weighted by molar-refractivity contribution is 5.33. The van der Waals surface area contributed by atoms with Crippen LogP contribution in [0.4, 0.5) is 0 Å². The molecular formula is C16H24N2O. The number of aryl methyl sites for hydroxylation is 2. The third-order valence-corrected chi connectivity index (χ3v) is 2.92. The standard InChI is InChI=1S/C16H24N2O/c1-12(2)18-16(5,11-17)6-7-19-15-9-13(3)8-14(4)10-15/h8-10,12,18H,6-7H2,1-5H3. The molecule has 0 bridgehead atoms. The van der Waals surface area contributed by atoms with Crippen molar-refractivity contribution >= 4 is 0 Å². The van der Waals surface area contributed by atoms with Crippen LogP contribution in [0.3, 0.4) is 0 Å². The fourth-order valence-corrected chi connectivity index (χ4v) is 2.19. The minimum Gasteiger partial charge on any atom is -0.493 e. The zero-order valence-electron chi connectivity index (χ0n) is 12.6. The van der Waals surface area contributed by atoms with E-state index < -0.39 is 5.54 Å². The topological polar surface area (TPSA) is 45.0 Å². The fourth-order valence-electron chi connectivity index (χ4n) is 2.19. The van der Waals surface area contributed by atoms with E-state index in [1.165, 1.54) is 11.1 Å². The molecule has 1 rings (SSSR count). The van der Waals surface area contributed by atoms with Crippen LogP contribution >= 0.6 is 0 Å². The Morgan fingerprint density at radius 2 is 1.84 bits per heavy atom. The average Bonchev–Trinajstić information content (AvgIpc) is 2.26. The molecule has 0 heterocycles. The van der Waals surface area contributed by atoms with Gasteiger partial charge in [0.05, 0.1) is 12.7 Å². The summed E-state index contributed by atoms with van der Waals surface area (Å²) < 4.78 is 5.76. The lowest BCUT2D eigenvalue weighted by Crippen LogP contribution is -2.45. The van der Waals surface area contributed by atoms with E-state index in [2.05, 4.69) is 31.3 Å². The minimum absolute atomic E-state index is 0.283. The van der Waals surface area contributed by atoms with E-state index in [1.807, 2.05) is 32.9 Å². The average molecular weight is 260 g/mol. The molecule has 1 N–H and O–H groups in total. The predicted octanol–water partition coefficient (Wildman–Crippen LogP) is 3.35. The van der Waals surface area contributed by atoms with E-state index in [0.29, 0.717) is 13.0 Å². The first-order valence-corrected chi connectivity index (χ1v) is 6.75. The number of ether oxygens (including phenoxy) is 1. The van der Waals surface area contributed by atoms with Gasteiger partial charge in [0.15, 0.2) is 0 Å². The summed E-state index contributed by atoms with van der Waals surface area (Å²) in [6, 6.07) is 8.77. The van der Waals surface area contributed by atoms with Crippen LogP contribution in [0, 0.1) is 25.2 Å². The van der Waals surface area contributed by atoms with Crippen molar-refractivity contribution in [3.05, 3.63) is 29.3 Å². The molecule has 1 atom stereocenters. The fraction of sp³-hybridized carbons (Fsp3) is 0.562. The first-order valence-electron chi connectivity index (χ1n) is 6.75. The molecule has 3 nitrogen and oxygen atoms in total. The molecule has 0 fully saturated rings. The molecule has 19 heavy (non-hydrogen) atoms. The highest BCUT2D eigenvalue weighted by Crippen LogP contribution is 2.18. The third-order valence-electron chi connectivity index (χ3n) is 2.92. The summed E-state index contributed by atoms with van der Waals surface area (Å²) in [7, 11) is 0. The second-order valence-electron chi connectivity index (χ2n) is 5.66. The highest BCUT2D eigenvalue weighted by atomic mass is 16.5. The summed E-state index contributed by atoms with van der Waals surface area (Å²) in [5.74, 6) is 0.877. The zero-order valence-corrected chi connectivity index (χ0v) is 12.6. The number of hydrogen-bond acceptors (Lipinski definition) is 3. The van der Waals surface area contributed by atoms with Gasteiger partial charge in [-0.3, -0.25) is 5.32 Å². The molecule has 0 aliphatic carbocycles. The normalized spacial score (nSPS) is 13.9. The smallest absolute Gasteiger partial charge is 0.119 e. The van der Waals surface area contributed by atoms with E-state index in [4.69, 9.17) is 4.74 Å². The molecule has 1 aromatic carbocycles. The number of benzene rings is 1. The quantitative estimate of drug-likeness (QED) is 0.853. The Bertz CT molecular complexity index is 442. The van der Waals surface area contributed by atoms with Crippen LogP contribution in [-0.4, -0.2) is 18.2 Å². The molecule has 1 unspecified atom stereocenters. The summed E-state index contributed by atoms with van der Waals surface area (Å²) in [5, 5.41) is 12.5. The van der Waals surface area contributed by atoms with Crippen molar-refractivity contribution in [2.75, 3.05) is 6.61 Å². The van der Waals surface area contributed by atoms with Crippen molar-refractivity contribution in [2.24, 2.45) is 0 Å². The van der Waals surface area contributed by atoms with Gasteiger partial charge < -0.3 is 4.74 Å². The first kappa shape index (κ1) is 15.5. The summed E-state index contributed by atoms with van der Waals surface area (Å²) in [6.07, 6.45) is 0.661. The van der Waals surface area contributed by atoms with Crippen LogP contribution in [0.1, 0.15) is 38.3 Å². The maximum Gasteiger partial charge on any atom is 0.119 e. The number of nitrogens with one attached hydrogen (secondary N) is 1. The van der Waals surface area contributed by atoms with E-state index in [0.717, 1.165) is 5.75 Å². The SMILES string of the molecule is Cc1cc(C)cc(OCCC(C)(C#N)NC(C)C)c1. The van der Waals surface area contributed by atoms with Crippen LogP contribution < -0.4 is 10.1 Å². The molecule has 104 valence electrons. The van der Waals surface area contributed by atoms with Gasteiger partial charge in [-0.1, -0.05) is 6.07 Å². The Kier molecular flexibility index (Phi) is 5.38. The van der Waals surface area contributed by atoms with Crippen molar-refractivity contribution in [3.8, 4) is 11.8 Å². The Labute approximate surface area is 116 Å². The predicted molar refractivity (Wildman–Crippen MR) is 78.3 cm³/mol. The zero-order chi connectivity index (χ0) is 14.5. The molecule has 0 saturated carbocycles. The minimum atomic E-state index is -0.535. The number of hydrogen-bond donors (Lipinski definition) is 1. The molecule has 0 aliphatic heterocycles. The number of nitrogens with zero attached hydrogens (tertiary/aromatic N) is 1.